The molecule has 1 atom stereocenters. The molecule has 6 heteroatoms. The third kappa shape index (κ3) is 5.24. The summed E-state index contributed by atoms with van der Waals surface area (Å²) in [6.07, 6.45) is -0.319. The fraction of sp³-hybridized carbons (Fsp3) is 0.300. The van der Waals surface area contributed by atoms with Crippen LogP contribution in [-0.4, -0.2) is 29.3 Å². The van der Waals surface area contributed by atoms with Gasteiger partial charge in [-0.25, -0.2) is 0 Å². The van der Waals surface area contributed by atoms with Gasteiger partial charge in [0, 0.05) is 0 Å². The van der Waals surface area contributed by atoms with Crippen LogP contribution >= 0.6 is 0 Å². The Labute approximate surface area is 152 Å². The Morgan fingerprint density at radius 1 is 1.08 bits per heavy atom. The molecule has 0 amide bonds. The van der Waals surface area contributed by atoms with Crippen molar-refractivity contribution >= 4 is 11.9 Å². The molecule has 0 spiro atoms. The van der Waals surface area contributed by atoms with Gasteiger partial charge in [-0.2, -0.15) is 0 Å². The summed E-state index contributed by atoms with van der Waals surface area (Å²) in [5, 5.41) is 18.1. The van der Waals surface area contributed by atoms with Crippen molar-refractivity contribution in [3.05, 3.63) is 59.2 Å². The highest BCUT2D eigenvalue weighted by Crippen LogP contribution is 2.34. The van der Waals surface area contributed by atoms with Gasteiger partial charge in [0.2, 0.25) is 0 Å². The predicted molar refractivity (Wildman–Crippen MR) is 95.6 cm³/mol. The molecule has 0 aliphatic heterocycles. The third-order valence-corrected chi connectivity index (χ3v) is 4.00. The van der Waals surface area contributed by atoms with Crippen molar-refractivity contribution in [3.63, 3.8) is 0 Å². The first kappa shape index (κ1) is 19.3. The molecule has 26 heavy (non-hydrogen) atoms. The highest BCUT2D eigenvalue weighted by molar-refractivity contribution is 5.78. The van der Waals surface area contributed by atoms with Crippen molar-refractivity contribution in [1.29, 1.82) is 0 Å². The number of benzene rings is 2. The molecular weight excluding hydrogens is 336 g/mol. The second kappa shape index (κ2) is 8.89. The SMILES string of the molecule is COc1cc(CC(CC(=O)O)C(=O)O)cc(C)c1OCc1ccccc1. The molecular formula is C20H22O6. The van der Waals surface area contributed by atoms with E-state index in [2.05, 4.69) is 0 Å². The van der Waals surface area contributed by atoms with Crippen LogP contribution in [0.1, 0.15) is 23.1 Å². The Kier molecular flexibility index (Phi) is 6.60. The van der Waals surface area contributed by atoms with E-state index in [-0.39, 0.29) is 6.42 Å². The van der Waals surface area contributed by atoms with Crippen LogP contribution in [0.4, 0.5) is 0 Å². The van der Waals surface area contributed by atoms with E-state index >= 15 is 0 Å². The topological polar surface area (TPSA) is 93.1 Å². The van der Waals surface area contributed by atoms with Crippen molar-refractivity contribution in [1.82, 2.24) is 0 Å². The lowest BCUT2D eigenvalue weighted by atomic mass is 9.95. The lowest BCUT2D eigenvalue weighted by Gasteiger charge is -2.17. The maximum absolute atomic E-state index is 11.3. The van der Waals surface area contributed by atoms with Crippen LogP contribution in [-0.2, 0) is 22.6 Å². The van der Waals surface area contributed by atoms with Gasteiger partial charge in [0.15, 0.2) is 11.5 Å². The van der Waals surface area contributed by atoms with Gasteiger partial charge in [0.05, 0.1) is 19.4 Å². The quantitative estimate of drug-likeness (QED) is 0.714. The average Bonchev–Trinajstić information content (AvgIpc) is 2.60. The second-order valence-corrected chi connectivity index (χ2v) is 6.06. The van der Waals surface area contributed by atoms with Gasteiger partial charge in [-0.05, 0) is 36.1 Å². The van der Waals surface area contributed by atoms with Gasteiger partial charge in [-0.3, -0.25) is 9.59 Å². The van der Waals surface area contributed by atoms with Crippen LogP contribution < -0.4 is 9.47 Å². The van der Waals surface area contributed by atoms with Gasteiger partial charge in [-0.15, -0.1) is 0 Å². The number of methoxy groups -OCH3 is 1. The summed E-state index contributed by atoms with van der Waals surface area (Å²) in [5.41, 5.74) is 2.51. The number of carboxylic acid groups (broad SMARTS) is 2. The maximum Gasteiger partial charge on any atom is 0.307 e. The molecule has 6 nitrogen and oxygen atoms in total. The minimum atomic E-state index is -1.14. The zero-order chi connectivity index (χ0) is 19.1. The van der Waals surface area contributed by atoms with Crippen molar-refractivity contribution < 1.29 is 29.3 Å². The van der Waals surface area contributed by atoms with E-state index in [0.717, 1.165) is 11.1 Å². The monoisotopic (exact) mass is 358 g/mol. The average molecular weight is 358 g/mol. The van der Waals surface area contributed by atoms with Gasteiger partial charge in [0.25, 0.3) is 0 Å². The third-order valence-electron chi connectivity index (χ3n) is 4.00. The molecule has 2 aromatic rings. The van der Waals surface area contributed by atoms with Crippen LogP contribution in [0.3, 0.4) is 0 Å². The van der Waals surface area contributed by atoms with Crippen LogP contribution in [0, 0.1) is 12.8 Å². The van der Waals surface area contributed by atoms with Gasteiger partial charge >= 0.3 is 11.9 Å². The molecule has 1 unspecified atom stereocenters. The summed E-state index contributed by atoms with van der Waals surface area (Å²) >= 11 is 0. The van der Waals surface area contributed by atoms with Crippen LogP contribution in [0.5, 0.6) is 11.5 Å². The van der Waals surface area contributed by atoms with Gasteiger partial charge < -0.3 is 19.7 Å². The summed E-state index contributed by atoms with van der Waals surface area (Å²) in [6, 6.07) is 13.2. The Morgan fingerprint density at radius 3 is 2.35 bits per heavy atom. The molecule has 0 heterocycles. The zero-order valence-electron chi connectivity index (χ0n) is 14.8. The van der Waals surface area contributed by atoms with Crippen molar-refractivity contribution in [2.45, 2.75) is 26.4 Å². The highest BCUT2D eigenvalue weighted by atomic mass is 16.5. The van der Waals surface area contributed by atoms with Crippen molar-refractivity contribution in [2.75, 3.05) is 7.11 Å². The predicted octanol–water partition coefficient (Wildman–Crippen LogP) is 3.30. The first-order valence-electron chi connectivity index (χ1n) is 8.19. The lowest BCUT2D eigenvalue weighted by Crippen LogP contribution is -2.20. The van der Waals surface area contributed by atoms with E-state index in [1.165, 1.54) is 7.11 Å². The Balaban J connectivity index is 2.19. The van der Waals surface area contributed by atoms with E-state index in [0.29, 0.717) is 23.7 Å². The molecule has 2 rings (SSSR count). The van der Waals surface area contributed by atoms with Crippen molar-refractivity contribution in [2.24, 2.45) is 5.92 Å². The second-order valence-electron chi connectivity index (χ2n) is 6.06. The molecule has 0 saturated heterocycles. The number of carbonyl (C=O) groups is 2. The highest BCUT2D eigenvalue weighted by Gasteiger charge is 2.22. The minimum Gasteiger partial charge on any atom is -0.493 e. The number of rotatable bonds is 9. The summed E-state index contributed by atoms with van der Waals surface area (Å²) in [4.78, 5) is 22.1. The van der Waals surface area contributed by atoms with Gasteiger partial charge in [0.1, 0.15) is 6.61 Å². The van der Waals surface area contributed by atoms with Gasteiger partial charge in [-0.1, -0.05) is 36.4 Å². The summed E-state index contributed by atoms with van der Waals surface area (Å²) in [6.45, 7) is 2.23. The largest absolute Gasteiger partial charge is 0.493 e. The first-order valence-corrected chi connectivity index (χ1v) is 8.19. The molecule has 2 aromatic carbocycles. The van der Waals surface area contributed by atoms with Crippen LogP contribution in [0.25, 0.3) is 0 Å². The Morgan fingerprint density at radius 2 is 1.77 bits per heavy atom. The number of hydrogen-bond donors (Lipinski definition) is 2. The Hall–Kier alpha value is -3.02. The minimum absolute atomic E-state index is 0.109. The molecule has 0 aliphatic rings. The summed E-state index contributed by atoms with van der Waals surface area (Å²) in [7, 11) is 1.51. The maximum atomic E-state index is 11.3. The normalized spacial score (nSPS) is 11.6. The molecule has 0 saturated carbocycles. The number of aryl methyl sites for hydroxylation is 1. The molecule has 0 bridgehead atoms. The number of hydrogen-bond acceptors (Lipinski definition) is 4. The number of ether oxygens (including phenoxy) is 2. The summed E-state index contributed by atoms with van der Waals surface area (Å²) < 4.78 is 11.3. The fourth-order valence-electron chi connectivity index (χ4n) is 2.74. The number of aliphatic carboxylic acids is 2. The van der Waals surface area contributed by atoms with E-state index in [1.54, 1.807) is 12.1 Å². The zero-order valence-corrected chi connectivity index (χ0v) is 14.8. The first-order chi connectivity index (χ1) is 12.4. The molecule has 0 aromatic heterocycles. The number of carboxylic acids is 2. The Bertz CT molecular complexity index is 769. The van der Waals surface area contributed by atoms with Crippen molar-refractivity contribution in [3.8, 4) is 11.5 Å². The molecule has 0 radical (unpaired) electrons. The smallest absolute Gasteiger partial charge is 0.307 e. The van der Waals surface area contributed by atoms with E-state index in [9.17, 15) is 14.7 Å². The molecule has 2 N–H and O–H groups in total. The van der Waals surface area contributed by atoms with E-state index in [4.69, 9.17) is 14.6 Å². The lowest BCUT2D eigenvalue weighted by molar-refractivity contribution is -0.148. The molecule has 0 fully saturated rings. The molecule has 138 valence electrons. The van der Waals surface area contributed by atoms with E-state index in [1.807, 2.05) is 37.3 Å². The molecule has 0 aliphatic carbocycles. The van der Waals surface area contributed by atoms with Crippen LogP contribution in [0.15, 0.2) is 42.5 Å². The van der Waals surface area contributed by atoms with Crippen LogP contribution in [0.2, 0.25) is 0 Å². The standard InChI is InChI=1S/C20H22O6/c1-13-8-15(9-16(20(23)24)11-18(21)22)10-17(25-2)19(13)26-12-14-6-4-3-5-7-14/h3-8,10,16H,9,11-12H2,1-2H3,(H,21,22)(H,23,24). The fourth-order valence-corrected chi connectivity index (χ4v) is 2.74. The van der Waals surface area contributed by atoms with E-state index < -0.39 is 24.3 Å². The summed E-state index contributed by atoms with van der Waals surface area (Å²) in [5.74, 6) is -2.18.